The molecule has 0 aliphatic carbocycles. The SMILES string of the molecule is CCCOc1ccc(C2CN(Cc3ccc(OC)cc3)C(=O)N2c2ccc(N)c(N)c2)cc1. The van der Waals surface area contributed by atoms with Crippen LogP contribution in [-0.2, 0) is 6.54 Å². The van der Waals surface area contributed by atoms with Gasteiger partial charge in [-0.3, -0.25) is 4.90 Å². The number of ether oxygens (including phenoxy) is 2. The van der Waals surface area contributed by atoms with Crippen LogP contribution in [0.25, 0.3) is 0 Å². The van der Waals surface area contributed by atoms with Gasteiger partial charge in [0.25, 0.3) is 0 Å². The fourth-order valence-corrected chi connectivity index (χ4v) is 4.00. The second-order valence-electron chi connectivity index (χ2n) is 8.13. The third kappa shape index (κ3) is 4.82. The van der Waals surface area contributed by atoms with Crippen molar-refractivity contribution in [3.8, 4) is 11.5 Å². The van der Waals surface area contributed by atoms with Crippen molar-refractivity contribution in [2.45, 2.75) is 25.9 Å². The molecule has 2 amide bonds. The maximum Gasteiger partial charge on any atom is 0.325 e. The zero-order valence-corrected chi connectivity index (χ0v) is 19.0. The number of carbonyl (C=O) groups is 1. The molecule has 3 aromatic carbocycles. The largest absolute Gasteiger partial charge is 0.497 e. The van der Waals surface area contributed by atoms with Gasteiger partial charge >= 0.3 is 6.03 Å². The molecule has 1 aliphatic rings. The van der Waals surface area contributed by atoms with Crippen LogP contribution >= 0.6 is 0 Å². The van der Waals surface area contributed by atoms with E-state index in [1.165, 1.54) is 0 Å². The summed E-state index contributed by atoms with van der Waals surface area (Å²) in [5.74, 6) is 1.61. The van der Waals surface area contributed by atoms with Crippen molar-refractivity contribution in [1.82, 2.24) is 4.90 Å². The van der Waals surface area contributed by atoms with Crippen molar-refractivity contribution in [1.29, 1.82) is 0 Å². The first-order chi connectivity index (χ1) is 16.0. The molecule has 7 heteroatoms. The van der Waals surface area contributed by atoms with E-state index in [1.807, 2.05) is 59.5 Å². The lowest BCUT2D eigenvalue weighted by Crippen LogP contribution is -2.32. The highest BCUT2D eigenvalue weighted by Gasteiger charge is 2.39. The van der Waals surface area contributed by atoms with Crippen molar-refractivity contribution in [2.75, 3.05) is 36.6 Å². The smallest absolute Gasteiger partial charge is 0.325 e. The summed E-state index contributed by atoms with van der Waals surface area (Å²) >= 11 is 0. The van der Waals surface area contributed by atoms with E-state index in [2.05, 4.69) is 6.92 Å². The van der Waals surface area contributed by atoms with Crippen LogP contribution in [0.5, 0.6) is 11.5 Å². The number of amides is 2. The van der Waals surface area contributed by atoms with Gasteiger partial charge in [0.2, 0.25) is 0 Å². The van der Waals surface area contributed by atoms with Crippen molar-refractivity contribution in [3.63, 3.8) is 0 Å². The molecular formula is C26H30N4O3. The van der Waals surface area contributed by atoms with Gasteiger partial charge in [0, 0.05) is 18.8 Å². The van der Waals surface area contributed by atoms with Crippen molar-refractivity contribution < 1.29 is 14.3 Å². The molecular weight excluding hydrogens is 416 g/mol. The summed E-state index contributed by atoms with van der Waals surface area (Å²) in [6.45, 7) is 3.79. The third-order valence-corrected chi connectivity index (χ3v) is 5.80. The van der Waals surface area contributed by atoms with Crippen LogP contribution in [0.3, 0.4) is 0 Å². The molecule has 0 radical (unpaired) electrons. The summed E-state index contributed by atoms with van der Waals surface area (Å²) in [6.07, 6.45) is 0.950. The van der Waals surface area contributed by atoms with Gasteiger partial charge in [0.1, 0.15) is 11.5 Å². The quantitative estimate of drug-likeness (QED) is 0.483. The zero-order valence-electron chi connectivity index (χ0n) is 19.0. The lowest BCUT2D eigenvalue weighted by Gasteiger charge is -2.24. The van der Waals surface area contributed by atoms with Gasteiger partial charge in [0.05, 0.1) is 31.1 Å². The van der Waals surface area contributed by atoms with E-state index in [9.17, 15) is 4.79 Å². The molecule has 172 valence electrons. The highest BCUT2D eigenvalue weighted by molar-refractivity contribution is 5.96. The standard InChI is InChI=1S/C26H30N4O3/c1-3-14-33-22-11-6-19(7-12-22)25-17-29(16-18-4-9-21(32-2)10-5-18)26(31)30(25)20-8-13-23(27)24(28)15-20/h4-13,15,25H,3,14,16-17,27-28H2,1-2H3. The van der Waals surface area contributed by atoms with Crippen LogP contribution in [-0.4, -0.2) is 31.2 Å². The molecule has 0 bridgehead atoms. The third-order valence-electron chi connectivity index (χ3n) is 5.80. The van der Waals surface area contributed by atoms with E-state index in [0.717, 1.165) is 34.7 Å². The number of nitrogen functional groups attached to an aromatic ring is 2. The minimum Gasteiger partial charge on any atom is -0.497 e. The minimum atomic E-state index is -0.168. The monoisotopic (exact) mass is 446 g/mol. The molecule has 0 saturated carbocycles. The number of hydrogen-bond donors (Lipinski definition) is 2. The average molecular weight is 447 g/mol. The predicted molar refractivity (Wildman–Crippen MR) is 132 cm³/mol. The number of hydrogen-bond acceptors (Lipinski definition) is 5. The van der Waals surface area contributed by atoms with E-state index < -0.39 is 0 Å². The van der Waals surface area contributed by atoms with Gasteiger partial charge in [-0.05, 0) is 60.0 Å². The van der Waals surface area contributed by atoms with Crippen LogP contribution < -0.4 is 25.8 Å². The number of benzene rings is 3. The zero-order chi connectivity index (χ0) is 23.4. The lowest BCUT2D eigenvalue weighted by atomic mass is 10.1. The second kappa shape index (κ2) is 9.73. The minimum absolute atomic E-state index is 0.0775. The number of carbonyl (C=O) groups excluding carboxylic acids is 1. The molecule has 1 saturated heterocycles. The lowest BCUT2D eigenvalue weighted by molar-refractivity contribution is 0.218. The Morgan fingerprint density at radius 2 is 1.64 bits per heavy atom. The first-order valence-electron chi connectivity index (χ1n) is 11.1. The summed E-state index contributed by atoms with van der Waals surface area (Å²) in [6, 6.07) is 20.8. The molecule has 1 fully saturated rings. The Labute approximate surface area is 194 Å². The van der Waals surface area contributed by atoms with Crippen molar-refractivity contribution in [3.05, 3.63) is 77.9 Å². The highest BCUT2D eigenvalue weighted by atomic mass is 16.5. The van der Waals surface area contributed by atoms with Gasteiger partial charge < -0.3 is 25.8 Å². The summed E-state index contributed by atoms with van der Waals surface area (Å²) in [7, 11) is 1.64. The molecule has 4 rings (SSSR count). The molecule has 1 atom stereocenters. The summed E-state index contributed by atoms with van der Waals surface area (Å²) in [4.78, 5) is 17.2. The molecule has 0 aromatic heterocycles. The Morgan fingerprint density at radius 1 is 0.939 bits per heavy atom. The normalized spacial score (nSPS) is 15.7. The molecule has 7 nitrogen and oxygen atoms in total. The Hall–Kier alpha value is -3.87. The van der Waals surface area contributed by atoms with Crippen LogP contribution in [0, 0.1) is 0 Å². The van der Waals surface area contributed by atoms with E-state index in [-0.39, 0.29) is 12.1 Å². The van der Waals surface area contributed by atoms with Gasteiger partial charge in [0.15, 0.2) is 0 Å². The van der Waals surface area contributed by atoms with Gasteiger partial charge in [-0.25, -0.2) is 4.79 Å². The number of nitrogens with two attached hydrogens (primary N) is 2. The van der Waals surface area contributed by atoms with Crippen LogP contribution in [0.4, 0.5) is 21.9 Å². The Balaban J connectivity index is 1.63. The van der Waals surface area contributed by atoms with Crippen molar-refractivity contribution in [2.24, 2.45) is 0 Å². The van der Waals surface area contributed by atoms with Gasteiger partial charge in [-0.1, -0.05) is 31.2 Å². The molecule has 1 unspecified atom stereocenters. The summed E-state index contributed by atoms with van der Waals surface area (Å²) in [5, 5.41) is 0. The van der Waals surface area contributed by atoms with E-state index in [0.29, 0.717) is 31.1 Å². The topological polar surface area (TPSA) is 94.0 Å². The maximum absolute atomic E-state index is 13.6. The fraction of sp³-hybridized carbons (Fsp3) is 0.269. The van der Waals surface area contributed by atoms with Crippen LogP contribution in [0.1, 0.15) is 30.5 Å². The molecule has 1 heterocycles. The van der Waals surface area contributed by atoms with E-state index in [1.54, 1.807) is 24.1 Å². The van der Waals surface area contributed by atoms with E-state index >= 15 is 0 Å². The number of nitrogens with zero attached hydrogens (tertiary/aromatic N) is 2. The molecule has 3 aromatic rings. The summed E-state index contributed by atoms with van der Waals surface area (Å²) in [5.41, 5.74) is 15.7. The average Bonchev–Trinajstić information content (AvgIpc) is 3.16. The molecule has 1 aliphatic heterocycles. The van der Waals surface area contributed by atoms with E-state index in [4.69, 9.17) is 20.9 Å². The molecule has 0 spiro atoms. The first-order valence-corrected chi connectivity index (χ1v) is 11.1. The fourth-order valence-electron chi connectivity index (χ4n) is 4.00. The first kappa shape index (κ1) is 22.3. The second-order valence-corrected chi connectivity index (χ2v) is 8.13. The summed E-state index contributed by atoms with van der Waals surface area (Å²) < 4.78 is 11.0. The Bertz CT molecular complexity index is 1100. The predicted octanol–water partition coefficient (Wildman–Crippen LogP) is 4.83. The number of urea groups is 1. The van der Waals surface area contributed by atoms with Crippen molar-refractivity contribution >= 4 is 23.1 Å². The Kier molecular flexibility index (Phi) is 6.58. The van der Waals surface area contributed by atoms with Gasteiger partial charge in [-0.2, -0.15) is 0 Å². The molecule has 33 heavy (non-hydrogen) atoms. The number of methoxy groups -OCH3 is 1. The maximum atomic E-state index is 13.6. The number of anilines is 3. The Morgan fingerprint density at radius 3 is 2.27 bits per heavy atom. The van der Waals surface area contributed by atoms with Crippen LogP contribution in [0.2, 0.25) is 0 Å². The number of rotatable bonds is 8. The van der Waals surface area contributed by atoms with Crippen LogP contribution in [0.15, 0.2) is 66.7 Å². The van der Waals surface area contributed by atoms with Gasteiger partial charge in [-0.15, -0.1) is 0 Å². The molecule has 4 N–H and O–H groups in total. The highest BCUT2D eigenvalue weighted by Crippen LogP contribution is 2.37.